The molecule has 0 aliphatic heterocycles. The minimum absolute atomic E-state index is 0.408. The van der Waals surface area contributed by atoms with Crippen molar-refractivity contribution in [2.24, 2.45) is 0 Å². The third kappa shape index (κ3) is 3.09. The van der Waals surface area contributed by atoms with Crippen molar-refractivity contribution in [3.05, 3.63) is 41.7 Å². The Kier molecular flexibility index (Phi) is 3.84. The number of hydrogen-bond acceptors (Lipinski definition) is 3. The Morgan fingerprint density at radius 1 is 1.24 bits per heavy atom. The zero-order valence-corrected chi connectivity index (χ0v) is 11.2. The zero-order chi connectivity index (χ0) is 12.3. The molecule has 90 valence electrons. The molecular weight excluding hydrogens is 230 g/mol. The smallest absolute Gasteiger partial charge is 0.191 e. The topological polar surface area (TPSA) is 30.7 Å². The van der Waals surface area contributed by atoms with Crippen LogP contribution in [0.1, 0.15) is 31.0 Å². The lowest BCUT2D eigenvalue weighted by Gasteiger charge is -2.09. The number of aryl methyl sites for hydroxylation is 1. The van der Waals surface area contributed by atoms with Gasteiger partial charge in [-0.05, 0) is 26.3 Å². The molecule has 2 aromatic rings. The molecule has 0 saturated carbocycles. The highest BCUT2D eigenvalue weighted by molar-refractivity contribution is 7.98. The van der Waals surface area contributed by atoms with Crippen LogP contribution in [0.4, 0.5) is 0 Å². The van der Waals surface area contributed by atoms with Gasteiger partial charge in [0.15, 0.2) is 5.16 Å². The summed E-state index contributed by atoms with van der Waals surface area (Å²) in [4.78, 5) is 0. The third-order valence-electron chi connectivity index (χ3n) is 2.59. The molecule has 0 amide bonds. The van der Waals surface area contributed by atoms with Gasteiger partial charge in [0, 0.05) is 11.8 Å². The van der Waals surface area contributed by atoms with Gasteiger partial charge < -0.3 is 4.57 Å². The SMILES string of the molecule is Cc1ccc(CSc2nncn2C(C)C)cc1. The molecule has 4 heteroatoms. The number of hydrogen-bond donors (Lipinski definition) is 0. The van der Waals surface area contributed by atoms with Crippen LogP contribution in [0.25, 0.3) is 0 Å². The van der Waals surface area contributed by atoms with Gasteiger partial charge in [-0.25, -0.2) is 0 Å². The predicted octanol–water partition coefficient (Wildman–Crippen LogP) is 3.46. The summed E-state index contributed by atoms with van der Waals surface area (Å²) < 4.78 is 2.10. The molecule has 0 atom stereocenters. The van der Waals surface area contributed by atoms with E-state index in [2.05, 4.69) is 59.8 Å². The van der Waals surface area contributed by atoms with E-state index in [0.29, 0.717) is 6.04 Å². The van der Waals surface area contributed by atoms with Gasteiger partial charge in [0.1, 0.15) is 6.33 Å². The lowest BCUT2D eigenvalue weighted by Crippen LogP contribution is -2.00. The van der Waals surface area contributed by atoms with E-state index in [1.165, 1.54) is 11.1 Å². The lowest BCUT2D eigenvalue weighted by atomic mass is 10.2. The second-order valence-electron chi connectivity index (χ2n) is 4.39. The fourth-order valence-corrected chi connectivity index (χ4v) is 2.52. The molecule has 2 rings (SSSR count). The van der Waals surface area contributed by atoms with Crippen molar-refractivity contribution in [3.8, 4) is 0 Å². The summed E-state index contributed by atoms with van der Waals surface area (Å²) in [6.07, 6.45) is 1.79. The summed E-state index contributed by atoms with van der Waals surface area (Å²) in [7, 11) is 0. The predicted molar refractivity (Wildman–Crippen MR) is 71.1 cm³/mol. The maximum Gasteiger partial charge on any atom is 0.191 e. The van der Waals surface area contributed by atoms with Crippen LogP contribution in [0.15, 0.2) is 35.7 Å². The first kappa shape index (κ1) is 12.2. The van der Waals surface area contributed by atoms with Crippen LogP contribution in [0.2, 0.25) is 0 Å². The van der Waals surface area contributed by atoms with E-state index in [1.54, 1.807) is 18.1 Å². The molecule has 0 fully saturated rings. The second-order valence-corrected chi connectivity index (χ2v) is 5.33. The van der Waals surface area contributed by atoms with Crippen molar-refractivity contribution in [1.82, 2.24) is 14.8 Å². The third-order valence-corrected chi connectivity index (χ3v) is 3.61. The minimum Gasteiger partial charge on any atom is -0.306 e. The van der Waals surface area contributed by atoms with E-state index in [4.69, 9.17) is 0 Å². The van der Waals surface area contributed by atoms with E-state index < -0.39 is 0 Å². The van der Waals surface area contributed by atoms with Crippen LogP contribution in [-0.2, 0) is 5.75 Å². The van der Waals surface area contributed by atoms with Crippen molar-refractivity contribution >= 4 is 11.8 Å². The Morgan fingerprint density at radius 2 is 1.94 bits per heavy atom. The van der Waals surface area contributed by atoms with Gasteiger partial charge in [-0.1, -0.05) is 41.6 Å². The normalized spacial score (nSPS) is 11.1. The number of benzene rings is 1. The largest absolute Gasteiger partial charge is 0.306 e. The van der Waals surface area contributed by atoms with Gasteiger partial charge >= 0.3 is 0 Å². The van der Waals surface area contributed by atoms with Crippen molar-refractivity contribution in [3.63, 3.8) is 0 Å². The Morgan fingerprint density at radius 3 is 2.59 bits per heavy atom. The monoisotopic (exact) mass is 247 g/mol. The van der Waals surface area contributed by atoms with Gasteiger partial charge in [-0.3, -0.25) is 0 Å². The average molecular weight is 247 g/mol. The van der Waals surface area contributed by atoms with Gasteiger partial charge in [0.2, 0.25) is 0 Å². The molecule has 0 N–H and O–H groups in total. The van der Waals surface area contributed by atoms with Crippen molar-refractivity contribution in [2.45, 2.75) is 37.7 Å². The highest BCUT2D eigenvalue weighted by atomic mass is 32.2. The lowest BCUT2D eigenvalue weighted by molar-refractivity contribution is 0.549. The molecule has 1 heterocycles. The quantitative estimate of drug-likeness (QED) is 0.775. The molecule has 0 saturated heterocycles. The summed E-state index contributed by atoms with van der Waals surface area (Å²) in [6, 6.07) is 9.02. The molecule has 3 nitrogen and oxygen atoms in total. The number of nitrogens with zero attached hydrogens (tertiary/aromatic N) is 3. The van der Waals surface area contributed by atoms with E-state index in [1.807, 2.05) is 0 Å². The maximum absolute atomic E-state index is 4.15. The van der Waals surface area contributed by atoms with Crippen LogP contribution in [0.5, 0.6) is 0 Å². The summed E-state index contributed by atoms with van der Waals surface area (Å²) >= 11 is 1.73. The number of rotatable bonds is 4. The Balaban J connectivity index is 2.02. The maximum atomic E-state index is 4.15. The Labute approximate surface area is 106 Å². The molecule has 0 bridgehead atoms. The van der Waals surface area contributed by atoms with Crippen LogP contribution < -0.4 is 0 Å². The molecule has 1 aromatic heterocycles. The Bertz CT molecular complexity index is 474. The molecule has 0 aliphatic rings. The molecule has 0 spiro atoms. The van der Waals surface area contributed by atoms with E-state index >= 15 is 0 Å². The zero-order valence-electron chi connectivity index (χ0n) is 10.4. The first-order chi connectivity index (χ1) is 8.16. The summed E-state index contributed by atoms with van der Waals surface area (Å²) in [6.45, 7) is 6.38. The summed E-state index contributed by atoms with van der Waals surface area (Å²) in [5.74, 6) is 0.936. The minimum atomic E-state index is 0.408. The molecule has 17 heavy (non-hydrogen) atoms. The standard InChI is InChI=1S/C13H17N3S/c1-10(2)16-9-14-15-13(16)17-8-12-6-4-11(3)5-7-12/h4-7,9-10H,8H2,1-3H3. The summed E-state index contributed by atoms with van der Waals surface area (Å²) in [5, 5.41) is 9.09. The first-order valence-corrected chi connectivity index (χ1v) is 6.73. The number of aromatic nitrogens is 3. The number of thioether (sulfide) groups is 1. The molecule has 0 aliphatic carbocycles. The van der Waals surface area contributed by atoms with Gasteiger partial charge in [0.05, 0.1) is 0 Å². The molecule has 1 aromatic carbocycles. The van der Waals surface area contributed by atoms with Crippen LogP contribution >= 0.6 is 11.8 Å². The van der Waals surface area contributed by atoms with Gasteiger partial charge in [-0.15, -0.1) is 10.2 Å². The van der Waals surface area contributed by atoms with Gasteiger partial charge in [0.25, 0.3) is 0 Å². The van der Waals surface area contributed by atoms with Crippen molar-refractivity contribution in [2.75, 3.05) is 0 Å². The van der Waals surface area contributed by atoms with Crippen LogP contribution in [-0.4, -0.2) is 14.8 Å². The highest BCUT2D eigenvalue weighted by Crippen LogP contribution is 2.22. The molecule has 0 radical (unpaired) electrons. The Hall–Kier alpha value is -1.29. The molecule has 0 unspecified atom stereocenters. The van der Waals surface area contributed by atoms with Crippen molar-refractivity contribution < 1.29 is 0 Å². The molecular formula is C13H17N3S. The van der Waals surface area contributed by atoms with Crippen LogP contribution in [0.3, 0.4) is 0 Å². The summed E-state index contributed by atoms with van der Waals surface area (Å²) in [5.41, 5.74) is 2.61. The average Bonchev–Trinajstić information content (AvgIpc) is 2.76. The van der Waals surface area contributed by atoms with E-state index in [9.17, 15) is 0 Å². The van der Waals surface area contributed by atoms with Gasteiger partial charge in [-0.2, -0.15) is 0 Å². The first-order valence-electron chi connectivity index (χ1n) is 5.74. The van der Waals surface area contributed by atoms with E-state index in [0.717, 1.165) is 10.9 Å². The second kappa shape index (κ2) is 5.36. The van der Waals surface area contributed by atoms with E-state index in [-0.39, 0.29) is 0 Å². The fraction of sp³-hybridized carbons (Fsp3) is 0.385. The highest BCUT2D eigenvalue weighted by Gasteiger charge is 2.07. The fourth-order valence-electron chi connectivity index (χ4n) is 1.52. The van der Waals surface area contributed by atoms with Crippen molar-refractivity contribution in [1.29, 1.82) is 0 Å². The van der Waals surface area contributed by atoms with Crippen LogP contribution in [0, 0.1) is 6.92 Å².